The van der Waals surface area contributed by atoms with Crippen LogP contribution in [0.25, 0.3) is 22.4 Å². The van der Waals surface area contributed by atoms with Gasteiger partial charge in [-0.15, -0.1) is 0 Å². The summed E-state index contributed by atoms with van der Waals surface area (Å²) >= 11 is 13.7. The van der Waals surface area contributed by atoms with Crippen molar-refractivity contribution in [2.45, 2.75) is 17.2 Å². The Bertz CT molecular complexity index is 1230. The normalized spacial score (nSPS) is 11.0. The van der Waals surface area contributed by atoms with E-state index in [1.54, 1.807) is 6.07 Å². The van der Waals surface area contributed by atoms with E-state index >= 15 is 0 Å². The monoisotopic (exact) mass is 460 g/mol. The molecule has 0 saturated heterocycles. The van der Waals surface area contributed by atoms with Crippen molar-refractivity contribution in [1.29, 1.82) is 0 Å². The second-order valence-corrected chi connectivity index (χ2v) is 7.98. The predicted octanol–water partition coefficient (Wildman–Crippen LogP) is 4.42. The van der Waals surface area contributed by atoms with Gasteiger partial charge in [0.1, 0.15) is 12.4 Å². The first kappa shape index (κ1) is 20.4. The second-order valence-electron chi connectivity index (χ2n) is 6.21. The summed E-state index contributed by atoms with van der Waals surface area (Å²) in [5.41, 5.74) is 8.06. The molecule has 11 heteroatoms. The number of carbonyl (C=O) groups excluding carboxylic acids is 1. The van der Waals surface area contributed by atoms with E-state index in [4.69, 9.17) is 33.7 Å². The molecule has 0 aliphatic carbocycles. The molecule has 0 saturated carbocycles. The van der Waals surface area contributed by atoms with E-state index in [9.17, 15) is 4.79 Å². The molecule has 4 rings (SSSR count). The molecular formula is C19H14Cl2N6O2S. The zero-order valence-electron chi connectivity index (χ0n) is 15.5. The highest BCUT2D eigenvalue weighted by atomic mass is 35.5. The highest BCUT2D eigenvalue weighted by Crippen LogP contribution is 2.36. The number of carbonyl (C=O) groups is 1. The van der Waals surface area contributed by atoms with E-state index in [1.807, 2.05) is 24.3 Å². The van der Waals surface area contributed by atoms with Crippen molar-refractivity contribution in [2.24, 2.45) is 0 Å². The van der Waals surface area contributed by atoms with Crippen LogP contribution in [0.4, 0.5) is 5.95 Å². The van der Waals surface area contributed by atoms with E-state index in [0.717, 1.165) is 11.0 Å². The van der Waals surface area contributed by atoms with Crippen LogP contribution in [0.15, 0.2) is 46.7 Å². The number of halogens is 2. The number of Topliss-reactive ketones (excluding diaryl/α,β-unsaturated/α-hetero) is 1. The third-order valence-electron chi connectivity index (χ3n) is 3.88. The Labute approximate surface area is 185 Å². The molecule has 2 aromatic heterocycles. The molecule has 8 nitrogen and oxygen atoms in total. The number of para-hydroxylation sites is 2. The molecule has 30 heavy (non-hydrogen) atoms. The largest absolute Gasteiger partial charge is 0.484 e. The van der Waals surface area contributed by atoms with E-state index in [1.165, 1.54) is 24.8 Å². The standard InChI is InChI=1S/C19H14Cl2N6O2S/c1-9(28)8-29-15-6-10(11(20)7-12(15)21)16-25-17(22)27-19(26-16)30-18-23-13-4-2-3-5-14(13)24-18/h2-7H,8H2,1H3,(H,23,24)(H2,22,25,26,27). The van der Waals surface area contributed by atoms with Crippen molar-refractivity contribution in [2.75, 3.05) is 12.3 Å². The van der Waals surface area contributed by atoms with Crippen LogP contribution in [0, 0.1) is 0 Å². The number of H-pyrrole nitrogens is 1. The van der Waals surface area contributed by atoms with Crippen molar-refractivity contribution in [3.8, 4) is 17.1 Å². The maximum absolute atomic E-state index is 11.2. The summed E-state index contributed by atoms with van der Waals surface area (Å²) in [7, 11) is 0. The van der Waals surface area contributed by atoms with Crippen LogP contribution in [0.1, 0.15) is 6.92 Å². The number of nitrogens with zero attached hydrogens (tertiary/aromatic N) is 4. The average Bonchev–Trinajstić information content (AvgIpc) is 3.08. The van der Waals surface area contributed by atoms with Gasteiger partial charge in [0.25, 0.3) is 0 Å². The zero-order chi connectivity index (χ0) is 21.3. The van der Waals surface area contributed by atoms with Crippen LogP contribution < -0.4 is 10.5 Å². The smallest absolute Gasteiger partial charge is 0.224 e. The molecule has 0 aliphatic heterocycles. The number of hydrogen-bond donors (Lipinski definition) is 2. The van der Waals surface area contributed by atoms with Crippen LogP contribution in [0.5, 0.6) is 5.75 Å². The SMILES string of the molecule is CC(=O)COc1cc(-c2nc(N)nc(Sc3nc4ccccc4[nH]3)n2)c(Cl)cc1Cl. The summed E-state index contributed by atoms with van der Waals surface area (Å²) in [6.45, 7) is 1.30. The molecule has 0 amide bonds. The minimum atomic E-state index is -0.142. The number of fused-ring (bicyclic) bond motifs is 1. The van der Waals surface area contributed by atoms with Crippen molar-refractivity contribution < 1.29 is 9.53 Å². The lowest BCUT2D eigenvalue weighted by Crippen LogP contribution is -2.07. The van der Waals surface area contributed by atoms with E-state index in [-0.39, 0.29) is 34.9 Å². The molecule has 4 aromatic rings. The van der Waals surface area contributed by atoms with E-state index < -0.39 is 0 Å². The lowest BCUT2D eigenvalue weighted by molar-refractivity contribution is -0.118. The summed E-state index contributed by atoms with van der Waals surface area (Å²) in [4.78, 5) is 31.7. The van der Waals surface area contributed by atoms with Gasteiger partial charge in [-0.05, 0) is 43.0 Å². The van der Waals surface area contributed by atoms with Gasteiger partial charge in [0.15, 0.2) is 16.8 Å². The number of benzene rings is 2. The van der Waals surface area contributed by atoms with Crippen molar-refractivity contribution in [1.82, 2.24) is 24.9 Å². The lowest BCUT2D eigenvalue weighted by Gasteiger charge is -2.11. The van der Waals surface area contributed by atoms with Gasteiger partial charge in [-0.1, -0.05) is 35.3 Å². The Morgan fingerprint density at radius 1 is 1.13 bits per heavy atom. The molecule has 0 unspecified atom stereocenters. The minimum absolute atomic E-state index is 0.0239. The summed E-state index contributed by atoms with van der Waals surface area (Å²) in [6.07, 6.45) is 0. The Hall–Kier alpha value is -2.88. The van der Waals surface area contributed by atoms with Crippen LogP contribution in [0.3, 0.4) is 0 Å². The number of imidazole rings is 1. The third kappa shape index (κ3) is 4.48. The number of ketones is 1. The maximum Gasteiger partial charge on any atom is 0.224 e. The van der Waals surface area contributed by atoms with Gasteiger partial charge < -0.3 is 15.5 Å². The molecule has 152 valence electrons. The first-order valence-corrected chi connectivity index (χ1v) is 10.2. The molecule has 0 spiro atoms. The Morgan fingerprint density at radius 3 is 2.70 bits per heavy atom. The molecule has 2 heterocycles. The van der Waals surface area contributed by atoms with Crippen molar-refractivity contribution in [3.63, 3.8) is 0 Å². The molecule has 3 N–H and O–H groups in total. The van der Waals surface area contributed by atoms with Crippen LogP contribution in [-0.2, 0) is 4.79 Å². The Kier molecular flexibility index (Phi) is 5.76. The number of nitrogens with one attached hydrogen (secondary N) is 1. The summed E-state index contributed by atoms with van der Waals surface area (Å²) in [5.74, 6) is 0.416. The first-order chi connectivity index (χ1) is 14.4. The number of hydrogen-bond acceptors (Lipinski definition) is 8. The third-order valence-corrected chi connectivity index (χ3v) is 5.24. The predicted molar refractivity (Wildman–Crippen MR) is 116 cm³/mol. The van der Waals surface area contributed by atoms with Crippen LogP contribution in [-0.4, -0.2) is 37.3 Å². The number of aromatic amines is 1. The molecule has 2 aromatic carbocycles. The van der Waals surface area contributed by atoms with E-state index in [0.29, 0.717) is 20.9 Å². The highest BCUT2D eigenvalue weighted by molar-refractivity contribution is 7.99. The molecule has 0 aliphatic rings. The molecule has 0 bridgehead atoms. The zero-order valence-corrected chi connectivity index (χ0v) is 17.8. The summed E-state index contributed by atoms with van der Waals surface area (Å²) in [5, 5.41) is 1.53. The maximum atomic E-state index is 11.2. The summed E-state index contributed by atoms with van der Waals surface area (Å²) < 4.78 is 5.44. The summed E-state index contributed by atoms with van der Waals surface area (Å²) in [6, 6.07) is 10.7. The van der Waals surface area contributed by atoms with Gasteiger partial charge >= 0.3 is 0 Å². The van der Waals surface area contributed by atoms with Crippen molar-refractivity contribution in [3.05, 3.63) is 46.4 Å². The minimum Gasteiger partial charge on any atom is -0.484 e. The van der Waals surface area contributed by atoms with Crippen molar-refractivity contribution >= 4 is 57.7 Å². The Balaban J connectivity index is 1.69. The average molecular weight is 461 g/mol. The fraction of sp³-hybridized carbons (Fsp3) is 0.105. The fourth-order valence-corrected chi connectivity index (χ4v) is 3.86. The fourth-order valence-electron chi connectivity index (χ4n) is 2.59. The Morgan fingerprint density at radius 2 is 1.93 bits per heavy atom. The number of ether oxygens (including phenoxy) is 1. The highest BCUT2D eigenvalue weighted by Gasteiger charge is 2.16. The first-order valence-electron chi connectivity index (χ1n) is 8.65. The van der Waals surface area contributed by atoms with Gasteiger partial charge in [0, 0.05) is 5.56 Å². The van der Waals surface area contributed by atoms with Gasteiger partial charge in [-0.3, -0.25) is 4.79 Å². The van der Waals surface area contributed by atoms with Gasteiger partial charge in [-0.25, -0.2) is 9.97 Å². The van der Waals surface area contributed by atoms with Gasteiger partial charge in [0.2, 0.25) is 11.1 Å². The molecule has 0 radical (unpaired) electrons. The number of aromatic nitrogens is 5. The number of nitrogens with two attached hydrogens (primary N) is 1. The molecular weight excluding hydrogens is 447 g/mol. The number of anilines is 1. The molecule has 0 atom stereocenters. The molecule has 0 fully saturated rings. The van der Waals surface area contributed by atoms with Gasteiger partial charge in [-0.2, -0.15) is 9.97 Å². The van der Waals surface area contributed by atoms with Crippen LogP contribution in [0.2, 0.25) is 10.0 Å². The van der Waals surface area contributed by atoms with Gasteiger partial charge in [0.05, 0.1) is 21.1 Å². The number of nitrogen functional groups attached to an aromatic ring is 1. The topological polar surface area (TPSA) is 120 Å². The lowest BCUT2D eigenvalue weighted by atomic mass is 10.2. The number of rotatable bonds is 6. The second kappa shape index (κ2) is 8.47. The van der Waals surface area contributed by atoms with E-state index in [2.05, 4.69) is 24.9 Å². The quantitative estimate of drug-likeness (QED) is 0.433. The van der Waals surface area contributed by atoms with Crippen LogP contribution >= 0.6 is 35.0 Å².